The van der Waals surface area contributed by atoms with E-state index in [4.69, 9.17) is 15.7 Å². The highest BCUT2D eigenvalue weighted by molar-refractivity contribution is 5.84. The number of amides is 1. The number of carbonyl (C=O) groups is 2. The highest BCUT2D eigenvalue weighted by Gasteiger charge is 2.50. The molecular formula is C7H10N4O4. The van der Waals surface area contributed by atoms with E-state index in [0.29, 0.717) is 0 Å². The minimum absolute atomic E-state index is 0.00130. The largest absolute Gasteiger partial charge is 0.480 e. The van der Waals surface area contributed by atoms with Crippen molar-refractivity contribution in [1.82, 2.24) is 4.90 Å². The molecular weight excluding hydrogens is 204 g/mol. The molecule has 1 aliphatic heterocycles. The van der Waals surface area contributed by atoms with Gasteiger partial charge in [-0.15, -0.1) is 0 Å². The summed E-state index contributed by atoms with van der Waals surface area (Å²) in [6.07, 6.45) is -1.32. The SMILES string of the molecule is C[C@@]1(C(=O)O)C[C@H](N=[N+]=[N-])CN1C(=O)O. The predicted octanol–water partition coefficient (Wildman–Crippen LogP) is 0.892. The number of aliphatic carboxylic acids is 1. The lowest BCUT2D eigenvalue weighted by atomic mass is 9.98. The lowest BCUT2D eigenvalue weighted by Crippen LogP contribution is -2.50. The summed E-state index contributed by atoms with van der Waals surface area (Å²) in [4.78, 5) is 25.1. The molecule has 82 valence electrons. The van der Waals surface area contributed by atoms with E-state index in [9.17, 15) is 9.59 Å². The van der Waals surface area contributed by atoms with Crippen LogP contribution in [-0.2, 0) is 4.79 Å². The van der Waals surface area contributed by atoms with Crippen LogP contribution in [0.4, 0.5) is 4.79 Å². The van der Waals surface area contributed by atoms with Crippen LogP contribution in [0.1, 0.15) is 13.3 Å². The van der Waals surface area contributed by atoms with E-state index in [1.807, 2.05) is 0 Å². The van der Waals surface area contributed by atoms with Crippen LogP contribution in [0.15, 0.2) is 5.11 Å². The average Bonchev–Trinajstić information content (AvgIpc) is 2.45. The van der Waals surface area contributed by atoms with Crippen LogP contribution in [0.25, 0.3) is 10.4 Å². The molecule has 1 aliphatic rings. The van der Waals surface area contributed by atoms with Crippen molar-refractivity contribution in [2.75, 3.05) is 6.54 Å². The fourth-order valence-electron chi connectivity index (χ4n) is 1.69. The Labute approximate surface area is 84.7 Å². The molecule has 0 aromatic rings. The highest BCUT2D eigenvalue weighted by Crippen LogP contribution is 2.31. The zero-order chi connectivity index (χ0) is 11.6. The lowest BCUT2D eigenvalue weighted by Gasteiger charge is -2.28. The maximum atomic E-state index is 10.9. The molecule has 8 nitrogen and oxygen atoms in total. The molecule has 2 N–H and O–H groups in total. The van der Waals surface area contributed by atoms with Gasteiger partial charge in [0.15, 0.2) is 0 Å². The molecule has 1 amide bonds. The van der Waals surface area contributed by atoms with Crippen LogP contribution < -0.4 is 0 Å². The van der Waals surface area contributed by atoms with Crippen LogP contribution in [0.5, 0.6) is 0 Å². The normalized spacial score (nSPS) is 29.7. The first-order valence-electron chi connectivity index (χ1n) is 4.20. The molecule has 1 saturated heterocycles. The summed E-state index contributed by atoms with van der Waals surface area (Å²) in [5, 5.41) is 21.1. The van der Waals surface area contributed by atoms with Crippen LogP contribution in [-0.4, -0.2) is 45.3 Å². The Morgan fingerprint density at radius 1 is 1.60 bits per heavy atom. The van der Waals surface area contributed by atoms with E-state index in [0.717, 1.165) is 4.90 Å². The number of azide groups is 1. The number of rotatable bonds is 2. The first kappa shape index (κ1) is 11.1. The number of hydrogen-bond acceptors (Lipinski definition) is 3. The van der Waals surface area contributed by atoms with Gasteiger partial charge >= 0.3 is 12.1 Å². The van der Waals surface area contributed by atoms with Crippen LogP contribution in [0, 0.1) is 0 Å². The smallest absolute Gasteiger partial charge is 0.408 e. The van der Waals surface area contributed by atoms with Gasteiger partial charge in [0.25, 0.3) is 0 Å². The Morgan fingerprint density at radius 3 is 2.53 bits per heavy atom. The molecule has 8 heteroatoms. The van der Waals surface area contributed by atoms with Crippen molar-refractivity contribution in [2.24, 2.45) is 5.11 Å². The quantitative estimate of drug-likeness (QED) is 0.402. The molecule has 0 aromatic carbocycles. The summed E-state index contributed by atoms with van der Waals surface area (Å²) >= 11 is 0. The number of carboxylic acid groups (broad SMARTS) is 2. The van der Waals surface area contributed by atoms with Gasteiger partial charge in [-0.1, -0.05) is 5.11 Å². The van der Waals surface area contributed by atoms with Crippen molar-refractivity contribution < 1.29 is 19.8 Å². The molecule has 1 rings (SSSR count). The van der Waals surface area contributed by atoms with Gasteiger partial charge in [0.05, 0.1) is 6.04 Å². The van der Waals surface area contributed by atoms with Crippen molar-refractivity contribution >= 4 is 12.1 Å². The van der Waals surface area contributed by atoms with Gasteiger partial charge < -0.3 is 10.2 Å². The van der Waals surface area contributed by atoms with E-state index >= 15 is 0 Å². The molecule has 0 spiro atoms. The van der Waals surface area contributed by atoms with Gasteiger partial charge in [-0.05, 0) is 18.9 Å². The molecule has 0 saturated carbocycles. The number of likely N-dealkylation sites (tertiary alicyclic amines) is 1. The Balaban J connectivity index is 3.00. The maximum absolute atomic E-state index is 10.9. The van der Waals surface area contributed by atoms with Gasteiger partial charge in [0.2, 0.25) is 0 Å². The van der Waals surface area contributed by atoms with Gasteiger partial charge in [0.1, 0.15) is 5.54 Å². The summed E-state index contributed by atoms with van der Waals surface area (Å²) in [6.45, 7) is 1.22. The molecule has 0 aliphatic carbocycles. The maximum Gasteiger partial charge on any atom is 0.408 e. The van der Waals surface area contributed by atoms with Gasteiger partial charge in [-0.2, -0.15) is 0 Å². The Bertz CT molecular complexity index is 351. The zero-order valence-corrected chi connectivity index (χ0v) is 7.99. The molecule has 0 aromatic heterocycles. The molecule has 1 heterocycles. The van der Waals surface area contributed by atoms with Crippen molar-refractivity contribution in [3.63, 3.8) is 0 Å². The summed E-state index contributed by atoms with van der Waals surface area (Å²) in [5.74, 6) is -1.24. The third-order valence-corrected chi connectivity index (χ3v) is 2.53. The first-order chi connectivity index (χ1) is 6.91. The molecule has 15 heavy (non-hydrogen) atoms. The Kier molecular flexibility index (Phi) is 2.71. The van der Waals surface area contributed by atoms with Gasteiger partial charge in [0, 0.05) is 11.5 Å². The van der Waals surface area contributed by atoms with E-state index in [1.54, 1.807) is 0 Å². The summed E-state index contributed by atoms with van der Waals surface area (Å²) in [7, 11) is 0. The van der Waals surface area contributed by atoms with Crippen molar-refractivity contribution in [3.8, 4) is 0 Å². The Morgan fingerprint density at radius 2 is 2.20 bits per heavy atom. The monoisotopic (exact) mass is 214 g/mol. The molecule has 0 bridgehead atoms. The number of nitrogens with zero attached hydrogens (tertiary/aromatic N) is 4. The fourth-order valence-corrected chi connectivity index (χ4v) is 1.69. The van der Waals surface area contributed by atoms with E-state index in [1.165, 1.54) is 6.92 Å². The molecule has 0 unspecified atom stereocenters. The van der Waals surface area contributed by atoms with Crippen molar-refractivity contribution in [1.29, 1.82) is 0 Å². The standard InChI is InChI=1S/C7H10N4O4/c1-7(5(12)13)2-4(9-10-8)3-11(7)6(14)15/h4H,2-3H2,1H3,(H,12,13)(H,14,15)/t4-,7-/m0/s1. The van der Waals surface area contributed by atoms with Crippen molar-refractivity contribution in [3.05, 3.63) is 10.4 Å². The summed E-state index contributed by atoms with van der Waals surface area (Å²) in [6, 6.07) is -0.618. The van der Waals surface area contributed by atoms with E-state index in [2.05, 4.69) is 10.0 Å². The molecule has 1 fully saturated rings. The van der Waals surface area contributed by atoms with Crippen LogP contribution in [0.2, 0.25) is 0 Å². The van der Waals surface area contributed by atoms with Gasteiger partial charge in [-0.25, -0.2) is 9.59 Å². The second kappa shape index (κ2) is 3.66. The lowest BCUT2D eigenvalue weighted by molar-refractivity contribution is -0.147. The topological polar surface area (TPSA) is 127 Å². The summed E-state index contributed by atoms with van der Waals surface area (Å²) in [5.41, 5.74) is 6.70. The van der Waals surface area contributed by atoms with Gasteiger partial charge in [-0.3, -0.25) is 4.90 Å². The molecule has 2 atom stereocenters. The molecule has 0 radical (unpaired) electrons. The average molecular weight is 214 g/mol. The number of hydrogen-bond donors (Lipinski definition) is 2. The predicted molar refractivity (Wildman–Crippen MR) is 48.3 cm³/mol. The zero-order valence-electron chi connectivity index (χ0n) is 7.99. The highest BCUT2D eigenvalue weighted by atomic mass is 16.4. The minimum Gasteiger partial charge on any atom is -0.480 e. The van der Waals surface area contributed by atoms with Crippen LogP contribution in [0.3, 0.4) is 0 Å². The second-order valence-corrected chi connectivity index (χ2v) is 3.54. The fraction of sp³-hybridized carbons (Fsp3) is 0.714. The minimum atomic E-state index is -1.51. The van der Waals surface area contributed by atoms with E-state index in [-0.39, 0.29) is 13.0 Å². The second-order valence-electron chi connectivity index (χ2n) is 3.54. The first-order valence-corrected chi connectivity index (χ1v) is 4.20. The third kappa shape index (κ3) is 1.79. The van der Waals surface area contributed by atoms with Crippen molar-refractivity contribution in [2.45, 2.75) is 24.9 Å². The third-order valence-electron chi connectivity index (χ3n) is 2.53. The van der Waals surface area contributed by atoms with E-state index < -0.39 is 23.6 Å². The number of carboxylic acids is 1. The van der Waals surface area contributed by atoms with Crippen LogP contribution >= 0.6 is 0 Å². The summed E-state index contributed by atoms with van der Waals surface area (Å²) < 4.78 is 0. The Hall–Kier alpha value is -1.95.